The predicted molar refractivity (Wildman–Crippen MR) is 70.5 cm³/mol. The van der Waals surface area contributed by atoms with Gasteiger partial charge in [0.2, 0.25) is 0 Å². The Morgan fingerprint density at radius 3 is 2.11 bits per heavy atom. The van der Waals surface area contributed by atoms with Crippen LogP contribution in [0.5, 0.6) is 5.75 Å². The number of rotatable bonds is 1. The van der Waals surface area contributed by atoms with Crippen molar-refractivity contribution < 1.29 is 9.90 Å². The molecule has 0 aliphatic heterocycles. The van der Waals surface area contributed by atoms with Crippen molar-refractivity contribution in [3.8, 4) is 5.75 Å². The number of carbonyl (C=O) groups is 1. The van der Waals surface area contributed by atoms with Crippen LogP contribution < -0.4 is 0 Å². The van der Waals surface area contributed by atoms with Crippen LogP contribution in [0.1, 0.15) is 45.6 Å². The van der Waals surface area contributed by atoms with Crippen molar-refractivity contribution in [2.24, 2.45) is 10.8 Å². The van der Waals surface area contributed by atoms with Crippen LogP contribution in [0.4, 0.5) is 0 Å². The van der Waals surface area contributed by atoms with Gasteiger partial charge in [0.15, 0.2) is 0 Å². The summed E-state index contributed by atoms with van der Waals surface area (Å²) < 4.78 is 0. The number of phenols is 1. The minimum atomic E-state index is -0.176. The number of carbonyl (C=O) groups excluding carboxylic acids is 1. The van der Waals surface area contributed by atoms with E-state index in [9.17, 15) is 9.90 Å². The van der Waals surface area contributed by atoms with Gasteiger partial charge in [0, 0.05) is 17.3 Å². The van der Waals surface area contributed by atoms with Gasteiger partial charge in [-0.25, -0.2) is 0 Å². The van der Waals surface area contributed by atoms with E-state index in [0.717, 1.165) is 12.8 Å². The van der Waals surface area contributed by atoms with Gasteiger partial charge in [0.25, 0.3) is 0 Å². The first kappa shape index (κ1) is 11.8. The van der Waals surface area contributed by atoms with E-state index in [2.05, 4.69) is 20.8 Å². The molecule has 0 radical (unpaired) electrons. The molecule has 1 aromatic rings. The normalized spacial score (nSPS) is 37.2. The lowest BCUT2D eigenvalue weighted by Crippen LogP contribution is -2.38. The fourth-order valence-electron chi connectivity index (χ4n) is 4.27. The molecule has 2 aliphatic carbocycles. The van der Waals surface area contributed by atoms with Crippen molar-refractivity contribution in [2.45, 2.75) is 45.4 Å². The SMILES string of the molecule is CC1(C)[C@]2(c3ccc(O)cc3)CC[C@]1(C)C(=O)C2. The molecule has 0 amide bonds. The molecular weight excluding hydrogens is 224 g/mol. The Labute approximate surface area is 108 Å². The Hall–Kier alpha value is -1.31. The van der Waals surface area contributed by atoms with E-state index in [-0.39, 0.29) is 22.0 Å². The molecule has 96 valence electrons. The fraction of sp³-hybridized carbons (Fsp3) is 0.562. The molecule has 0 heterocycles. The highest BCUT2D eigenvalue weighted by Crippen LogP contribution is 2.70. The number of fused-ring (bicyclic) bond motifs is 2. The number of phenolic OH excluding ortho intramolecular Hbond substituents is 1. The largest absolute Gasteiger partial charge is 0.508 e. The first-order valence-electron chi connectivity index (χ1n) is 6.66. The Morgan fingerprint density at radius 1 is 1.06 bits per heavy atom. The van der Waals surface area contributed by atoms with Crippen molar-refractivity contribution in [1.29, 1.82) is 0 Å². The molecule has 2 fully saturated rings. The lowest BCUT2D eigenvalue weighted by Gasteiger charge is -2.40. The quantitative estimate of drug-likeness (QED) is 0.821. The molecule has 2 saturated carbocycles. The van der Waals surface area contributed by atoms with E-state index in [0.29, 0.717) is 12.2 Å². The van der Waals surface area contributed by atoms with Crippen molar-refractivity contribution >= 4 is 5.78 Å². The van der Waals surface area contributed by atoms with Gasteiger partial charge < -0.3 is 5.11 Å². The number of hydrogen-bond acceptors (Lipinski definition) is 2. The monoisotopic (exact) mass is 244 g/mol. The van der Waals surface area contributed by atoms with Gasteiger partial charge in [0.05, 0.1) is 0 Å². The van der Waals surface area contributed by atoms with Crippen LogP contribution in [0.3, 0.4) is 0 Å². The second-order valence-electron chi connectivity index (χ2n) is 6.69. The number of benzene rings is 1. The van der Waals surface area contributed by atoms with Crippen LogP contribution in [0.2, 0.25) is 0 Å². The van der Waals surface area contributed by atoms with E-state index in [1.165, 1.54) is 5.56 Å². The second kappa shape index (κ2) is 3.17. The third kappa shape index (κ3) is 1.07. The topological polar surface area (TPSA) is 37.3 Å². The number of hydrogen-bond donors (Lipinski definition) is 1. The lowest BCUT2D eigenvalue weighted by atomic mass is 9.62. The smallest absolute Gasteiger partial charge is 0.140 e. The third-order valence-electron chi connectivity index (χ3n) is 6.13. The van der Waals surface area contributed by atoms with Crippen LogP contribution in [0, 0.1) is 10.8 Å². The number of aromatic hydroxyl groups is 1. The van der Waals surface area contributed by atoms with E-state index >= 15 is 0 Å². The maximum atomic E-state index is 12.4. The fourth-order valence-corrected chi connectivity index (χ4v) is 4.27. The molecular formula is C16H20O2. The van der Waals surface area contributed by atoms with Gasteiger partial charge in [0.1, 0.15) is 11.5 Å². The van der Waals surface area contributed by atoms with Crippen LogP contribution in [0.15, 0.2) is 24.3 Å². The molecule has 0 saturated heterocycles. The van der Waals surface area contributed by atoms with Crippen molar-refractivity contribution in [3.63, 3.8) is 0 Å². The van der Waals surface area contributed by atoms with Crippen molar-refractivity contribution in [1.82, 2.24) is 0 Å². The zero-order valence-corrected chi connectivity index (χ0v) is 11.3. The molecule has 1 aromatic carbocycles. The molecule has 2 bridgehead atoms. The second-order valence-corrected chi connectivity index (χ2v) is 6.69. The van der Waals surface area contributed by atoms with Gasteiger partial charge in [-0.3, -0.25) is 4.79 Å². The van der Waals surface area contributed by atoms with Crippen molar-refractivity contribution in [2.75, 3.05) is 0 Å². The molecule has 0 spiro atoms. The van der Waals surface area contributed by atoms with Gasteiger partial charge in [-0.05, 0) is 36.0 Å². The maximum absolute atomic E-state index is 12.4. The molecule has 2 atom stereocenters. The Balaban J connectivity index is 2.17. The number of ketones is 1. The molecule has 0 unspecified atom stereocenters. The lowest BCUT2D eigenvalue weighted by molar-refractivity contribution is -0.128. The Bertz CT molecular complexity index is 514. The van der Waals surface area contributed by atoms with Crippen LogP contribution in [-0.4, -0.2) is 10.9 Å². The zero-order chi connectivity index (χ0) is 13.2. The third-order valence-corrected chi connectivity index (χ3v) is 6.13. The van der Waals surface area contributed by atoms with Gasteiger partial charge >= 0.3 is 0 Å². The standard InChI is InChI=1S/C16H20O2/c1-14(2)15(3)8-9-16(14,10-13(15)18)11-4-6-12(17)7-5-11/h4-7,17H,8-10H2,1-3H3/t15-,16-/m1/s1. The van der Waals surface area contributed by atoms with E-state index < -0.39 is 0 Å². The van der Waals surface area contributed by atoms with Gasteiger partial charge in [-0.2, -0.15) is 0 Å². The molecule has 2 nitrogen and oxygen atoms in total. The molecule has 2 heteroatoms. The first-order chi connectivity index (χ1) is 8.33. The summed E-state index contributed by atoms with van der Waals surface area (Å²) in [5.41, 5.74) is 0.991. The highest BCUT2D eigenvalue weighted by atomic mass is 16.3. The zero-order valence-electron chi connectivity index (χ0n) is 11.3. The van der Waals surface area contributed by atoms with Crippen LogP contribution in [0.25, 0.3) is 0 Å². The van der Waals surface area contributed by atoms with E-state index in [1.807, 2.05) is 12.1 Å². The van der Waals surface area contributed by atoms with E-state index in [4.69, 9.17) is 0 Å². The van der Waals surface area contributed by atoms with Crippen LogP contribution >= 0.6 is 0 Å². The first-order valence-corrected chi connectivity index (χ1v) is 6.66. The molecule has 0 aromatic heterocycles. The Kier molecular flexibility index (Phi) is 2.07. The highest BCUT2D eigenvalue weighted by Gasteiger charge is 2.69. The molecule has 1 N–H and O–H groups in total. The summed E-state index contributed by atoms with van der Waals surface area (Å²) in [7, 11) is 0. The average Bonchev–Trinajstić information content (AvgIpc) is 2.60. The summed E-state index contributed by atoms with van der Waals surface area (Å²) in [4.78, 5) is 12.4. The summed E-state index contributed by atoms with van der Waals surface area (Å²) in [5.74, 6) is 0.699. The molecule has 3 rings (SSSR count). The van der Waals surface area contributed by atoms with Gasteiger partial charge in [-0.1, -0.05) is 32.9 Å². The summed E-state index contributed by atoms with van der Waals surface area (Å²) in [6.07, 6.45) is 2.72. The summed E-state index contributed by atoms with van der Waals surface area (Å²) >= 11 is 0. The summed E-state index contributed by atoms with van der Waals surface area (Å²) in [6.45, 7) is 6.60. The number of Topliss-reactive ketones (excluding diaryl/α,β-unsaturated/α-hetero) is 1. The van der Waals surface area contributed by atoms with Crippen molar-refractivity contribution in [3.05, 3.63) is 29.8 Å². The minimum absolute atomic E-state index is 0.00590. The highest BCUT2D eigenvalue weighted by molar-refractivity contribution is 5.91. The molecule has 18 heavy (non-hydrogen) atoms. The predicted octanol–water partition coefficient (Wildman–Crippen LogP) is 3.43. The minimum Gasteiger partial charge on any atom is -0.508 e. The summed E-state index contributed by atoms with van der Waals surface area (Å²) in [5, 5.41) is 9.43. The average molecular weight is 244 g/mol. The molecule has 2 aliphatic rings. The Morgan fingerprint density at radius 2 is 1.67 bits per heavy atom. The van der Waals surface area contributed by atoms with Gasteiger partial charge in [-0.15, -0.1) is 0 Å². The van der Waals surface area contributed by atoms with Crippen LogP contribution in [-0.2, 0) is 10.2 Å². The maximum Gasteiger partial charge on any atom is 0.140 e. The van der Waals surface area contributed by atoms with E-state index in [1.54, 1.807) is 12.1 Å². The summed E-state index contributed by atoms with van der Waals surface area (Å²) in [6, 6.07) is 7.44.